The Morgan fingerprint density at radius 1 is 1.29 bits per heavy atom. The summed E-state index contributed by atoms with van der Waals surface area (Å²) < 4.78 is 10.8. The zero-order valence-electron chi connectivity index (χ0n) is 11.2. The van der Waals surface area contributed by atoms with Crippen LogP contribution in [-0.4, -0.2) is 29.4 Å². The molecule has 0 spiro atoms. The van der Waals surface area contributed by atoms with Crippen molar-refractivity contribution >= 4 is 6.09 Å². The predicted octanol–water partition coefficient (Wildman–Crippen LogP) is 2.61. The zero-order chi connectivity index (χ0) is 12.7. The molecule has 1 N–H and O–H groups in total. The SMILES string of the molecule is CC1(NC(=O)OC(C)(C)C)CCC2OC2CC1. The number of alkyl carbamates (subject to hydrolysis) is 1. The number of carbonyl (C=O) groups excluding carboxylic acids is 1. The van der Waals surface area contributed by atoms with E-state index in [4.69, 9.17) is 9.47 Å². The van der Waals surface area contributed by atoms with Crippen LogP contribution in [0.4, 0.5) is 4.79 Å². The van der Waals surface area contributed by atoms with Crippen LogP contribution in [0.2, 0.25) is 0 Å². The van der Waals surface area contributed by atoms with Gasteiger partial charge in [-0.05, 0) is 53.4 Å². The fraction of sp³-hybridized carbons (Fsp3) is 0.923. The molecule has 4 nitrogen and oxygen atoms in total. The van der Waals surface area contributed by atoms with Crippen LogP contribution < -0.4 is 5.32 Å². The highest BCUT2D eigenvalue weighted by atomic mass is 16.6. The molecule has 2 rings (SSSR count). The molecular formula is C13H23NO3. The first-order chi connectivity index (χ1) is 7.77. The molecule has 1 amide bonds. The molecule has 0 radical (unpaired) electrons. The molecule has 1 aliphatic carbocycles. The van der Waals surface area contributed by atoms with Crippen LogP contribution in [0, 0.1) is 0 Å². The monoisotopic (exact) mass is 241 g/mol. The largest absolute Gasteiger partial charge is 0.444 e. The fourth-order valence-corrected chi connectivity index (χ4v) is 2.41. The third-order valence-electron chi connectivity index (χ3n) is 3.45. The average Bonchev–Trinajstić information content (AvgIpc) is 2.86. The van der Waals surface area contributed by atoms with Gasteiger partial charge in [-0.25, -0.2) is 4.79 Å². The van der Waals surface area contributed by atoms with Gasteiger partial charge in [0, 0.05) is 5.54 Å². The Labute approximate surface area is 103 Å². The number of amides is 1. The highest BCUT2D eigenvalue weighted by Gasteiger charge is 2.44. The summed E-state index contributed by atoms with van der Waals surface area (Å²) in [5, 5.41) is 3.02. The Hall–Kier alpha value is -0.770. The quantitative estimate of drug-likeness (QED) is 0.718. The molecule has 2 fully saturated rings. The van der Waals surface area contributed by atoms with Gasteiger partial charge in [-0.3, -0.25) is 0 Å². The number of hydrogen-bond acceptors (Lipinski definition) is 3. The standard InChI is InChI=1S/C13H23NO3/c1-12(2,3)17-11(15)14-13(4)7-5-9-10(16-9)6-8-13/h9-10H,5-8H2,1-4H3,(H,14,15). The van der Waals surface area contributed by atoms with Crippen LogP contribution in [0.25, 0.3) is 0 Å². The lowest BCUT2D eigenvalue weighted by Crippen LogP contribution is -2.47. The molecule has 0 bridgehead atoms. The lowest BCUT2D eigenvalue weighted by atomic mass is 9.92. The van der Waals surface area contributed by atoms with Crippen molar-refractivity contribution in [2.45, 2.75) is 76.7 Å². The number of ether oxygens (including phenoxy) is 2. The van der Waals surface area contributed by atoms with Crippen molar-refractivity contribution in [3.8, 4) is 0 Å². The van der Waals surface area contributed by atoms with Crippen molar-refractivity contribution in [3.63, 3.8) is 0 Å². The van der Waals surface area contributed by atoms with Crippen molar-refractivity contribution in [1.29, 1.82) is 0 Å². The first kappa shape index (κ1) is 12.7. The maximum atomic E-state index is 11.8. The molecule has 1 heterocycles. The second-order valence-corrected chi connectivity index (χ2v) is 6.48. The van der Waals surface area contributed by atoms with Crippen molar-refractivity contribution in [2.24, 2.45) is 0 Å². The molecule has 98 valence electrons. The predicted molar refractivity (Wildman–Crippen MR) is 64.9 cm³/mol. The van der Waals surface area contributed by atoms with E-state index in [1.54, 1.807) is 0 Å². The Morgan fingerprint density at radius 3 is 2.29 bits per heavy atom. The van der Waals surface area contributed by atoms with Crippen LogP contribution in [0.3, 0.4) is 0 Å². The highest BCUT2D eigenvalue weighted by Crippen LogP contribution is 2.38. The zero-order valence-corrected chi connectivity index (χ0v) is 11.2. The van der Waals surface area contributed by atoms with Crippen LogP contribution in [0.1, 0.15) is 53.4 Å². The van der Waals surface area contributed by atoms with Crippen molar-refractivity contribution in [1.82, 2.24) is 5.32 Å². The highest BCUT2D eigenvalue weighted by molar-refractivity contribution is 5.68. The Kier molecular flexibility index (Phi) is 3.10. The van der Waals surface area contributed by atoms with Crippen molar-refractivity contribution < 1.29 is 14.3 Å². The first-order valence-corrected chi connectivity index (χ1v) is 6.44. The van der Waals surface area contributed by atoms with E-state index in [9.17, 15) is 4.79 Å². The summed E-state index contributed by atoms with van der Waals surface area (Å²) in [7, 11) is 0. The number of epoxide rings is 1. The summed E-state index contributed by atoms with van der Waals surface area (Å²) >= 11 is 0. The molecule has 17 heavy (non-hydrogen) atoms. The van der Waals surface area contributed by atoms with Crippen LogP contribution in [-0.2, 0) is 9.47 Å². The molecule has 0 aromatic heterocycles. The van der Waals surface area contributed by atoms with E-state index >= 15 is 0 Å². The van der Waals surface area contributed by atoms with Gasteiger partial charge in [0.2, 0.25) is 0 Å². The molecule has 2 aliphatic rings. The molecule has 4 heteroatoms. The minimum atomic E-state index is -0.434. The second-order valence-electron chi connectivity index (χ2n) is 6.48. The van der Waals surface area contributed by atoms with Gasteiger partial charge in [-0.1, -0.05) is 0 Å². The molecule has 0 aromatic carbocycles. The van der Waals surface area contributed by atoms with Gasteiger partial charge in [0.1, 0.15) is 5.60 Å². The summed E-state index contributed by atoms with van der Waals surface area (Å²) in [5.41, 5.74) is -0.574. The third-order valence-corrected chi connectivity index (χ3v) is 3.45. The normalized spacial score (nSPS) is 36.7. The number of nitrogens with one attached hydrogen (secondary N) is 1. The van der Waals surface area contributed by atoms with E-state index in [1.165, 1.54) is 0 Å². The molecule has 1 saturated carbocycles. The molecule has 2 unspecified atom stereocenters. The summed E-state index contributed by atoms with van der Waals surface area (Å²) in [6.45, 7) is 7.74. The summed E-state index contributed by atoms with van der Waals surface area (Å²) in [4.78, 5) is 11.8. The number of carbonyl (C=O) groups is 1. The van der Waals surface area contributed by atoms with Crippen molar-refractivity contribution in [3.05, 3.63) is 0 Å². The molecule has 1 saturated heterocycles. The maximum absolute atomic E-state index is 11.8. The van der Waals surface area contributed by atoms with E-state index < -0.39 is 5.60 Å². The van der Waals surface area contributed by atoms with Crippen LogP contribution in [0.5, 0.6) is 0 Å². The van der Waals surface area contributed by atoms with Gasteiger partial charge in [-0.2, -0.15) is 0 Å². The Bertz CT molecular complexity index is 296. The maximum Gasteiger partial charge on any atom is 0.408 e. The van der Waals surface area contributed by atoms with Gasteiger partial charge in [0.25, 0.3) is 0 Å². The number of rotatable bonds is 1. The smallest absolute Gasteiger partial charge is 0.408 e. The topological polar surface area (TPSA) is 50.9 Å². The molecule has 2 atom stereocenters. The van der Waals surface area contributed by atoms with Gasteiger partial charge in [-0.15, -0.1) is 0 Å². The number of hydrogen-bond donors (Lipinski definition) is 1. The van der Waals surface area contributed by atoms with E-state index in [-0.39, 0.29) is 11.6 Å². The van der Waals surface area contributed by atoms with E-state index in [1.807, 2.05) is 20.8 Å². The summed E-state index contributed by atoms with van der Waals surface area (Å²) in [6.07, 6.45) is 4.58. The Morgan fingerprint density at radius 2 is 1.82 bits per heavy atom. The lowest BCUT2D eigenvalue weighted by Gasteiger charge is -2.31. The molecule has 0 aromatic rings. The average molecular weight is 241 g/mol. The first-order valence-electron chi connectivity index (χ1n) is 6.44. The molecular weight excluding hydrogens is 218 g/mol. The summed E-state index contributed by atoms with van der Waals surface area (Å²) in [6, 6.07) is 0. The minimum absolute atomic E-state index is 0.140. The van der Waals surface area contributed by atoms with Crippen LogP contribution >= 0.6 is 0 Å². The van der Waals surface area contributed by atoms with Gasteiger partial charge >= 0.3 is 6.09 Å². The minimum Gasteiger partial charge on any atom is -0.444 e. The fourth-order valence-electron chi connectivity index (χ4n) is 2.41. The van der Waals surface area contributed by atoms with Crippen LogP contribution in [0.15, 0.2) is 0 Å². The van der Waals surface area contributed by atoms with Gasteiger partial charge < -0.3 is 14.8 Å². The number of fused-ring (bicyclic) bond motifs is 1. The van der Waals surface area contributed by atoms with Gasteiger partial charge in [0.05, 0.1) is 12.2 Å². The summed E-state index contributed by atoms with van der Waals surface area (Å²) in [5.74, 6) is 0. The third kappa shape index (κ3) is 3.60. The van der Waals surface area contributed by atoms with E-state index in [0.717, 1.165) is 25.7 Å². The van der Waals surface area contributed by atoms with Crippen molar-refractivity contribution in [2.75, 3.05) is 0 Å². The Balaban J connectivity index is 1.86. The van der Waals surface area contributed by atoms with E-state index in [2.05, 4.69) is 12.2 Å². The lowest BCUT2D eigenvalue weighted by molar-refractivity contribution is 0.0447. The second kappa shape index (κ2) is 4.16. The molecule has 1 aliphatic heterocycles. The van der Waals surface area contributed by atoms with Gasteiger partial charge in [0.15, 0.2) is 0 Å². The van der Waals surface area contributed by atoms with E-state index in [0.29, 0.717) is 12.2 Å².